The van der Waals surface area contributed by atoms with E-state index in [9.17, 15) is 9.90 Å². The Hall–Kier alpha value is -3.71. The van der Waals surface area contributed by atoms with Gasteiger partial charge >= 0.3 is 5.97 Å². The summed E-state index contributed by atoms with van der Waals surface area (Å²) in [5, 5.41) is 12.7. The number of fused-ring (bicyclic) bond motifs is 5. The van der Waals surface area contributed by atoms with Crippen LogP contribution in [0.15, 0.2) is 66.7 Å². The van der Waals surface area contributed by atoms with E-state index in [1.807, 2.05) is 54.6 Å². The van der Waals surface area contributed by atoms with Crippen LogP contribution in [0, 0.1) is 5.92 Å². The van der Waals surface area contributed by atoms with Crippen molar-refractivity contribution in [2.24, 2.45) is 5.92 Å². The van der Waals surface area contributed by atoms with Crippen molar-refractivity contribution in [1.29, 1.82) is 0 Å². The Bertz CT molecular complexity index is 1270. The van der Waals surface area contributed by atoms with Gasteiger partial charge in [0.05, 0.1) is 26.9 Å². The van der Waals surface area contributed by atoms with Gasteiger partial charge in [-0.3, -0.25) is 4.79 Å². The molecule has 3 aromatic rings. The summed E-state index contributed by atoms with van der Waals surface area (Å²) in [6.07, 6.45) is -0.809. The largest absolute Gasteiger partial charge is 0.497 e. The Kier molecular flexibility index (Phi) is 4.38. The molecule has 0 unspecified atom stereocenters. The Labute approximate surface area is 196 Å². The maximum atomic E-state index is 12.8. The number of hydrogen-bond acceptors (Lipinski definition) is 7. The molecule has 34 heavy (non-hydrogen) atoms. The first kappa shape index (κ1) is 20.9. The van der Waals surface area contributed by atoms with E-state index in [0.717, 1.165) is 5.56 Å². The fourth-order valence-corrected chi connectivity index (χ4v) is 6.03. The van der Waals surface area contributed by atoms with Crippen LogP contribution in [0.1, 0.15) is 22.6 Å². The SMILES string of the molecule is COc1ccc([C@]23Oc4cc(OC)cc(OC)c4[C@@]2(O)[C@H]2OC(=O)[C@H]2[C@@H]3c2ccccc2)cc1. The number of ether oxygens (including phenoxy) is 5. The van der Waals surface area contributed by atoms with Crippen molar-refractivity contribution in [3.8, 4) is 23.0 Å². The van der Waals surface area contributed by atoms with Crippen molar-refractivity contribution in [2.45, 2.75) is 23.2 Å². The van der Waals surface area contributed by atoms with Gasteiger partial charge in [0.2, 0.25) is 0 Å². The third-order valence-corrected chi connectivity index (χ3v) is 7.44. The normalized spacial score (nSPS) is 30.2. The van der Waals surface area contributed by atoms with Gasteiger partial charge in [-0.1, -0.05) is 42.5 Å². The monoisotopic (exact) mass is 460 g/mol. The Balaban J connectivity index is 1.68. The van der Waals surface area contributed by atoms with E-state index in [-0.39, 0.29) is 5.97 Å². The second-order valence-corrected chi connectivity index (χ2v) is 8.81. The highest BCUT2D eigenvalue weighted by Gasteiger charge is 2.82. The topological polar surface area (TPSA) is 83.5 Å². The van der Waals surface area contributed by atoms with Gasteiger partial charge in [0.25, 0.3) is 0 Å². The zero-order valence-corrected chi connectivity index (χ0v) is 19.0. The lowest BCUT2D eigenvalue weighted by Crippen LogP contribution is -2.55. The molecule has 2 heterocycles. The summed E-state index contributed by atoms with van der Waals surface area (Å²) in [6, 6.07) is 20.5. The number of aliphatic hydroxyl groups is 1. The summed E-state index contributed by atoms with van der Waals surface area (Å²) in [5.74, 6) is 0.577. The molecule has 1 saturated heterocycles. The molecule has 0 spiro atoms. The fourth-order valence-electron chi connectivity index (χ4n) is 6.03. The van der Waals surface area contributed by atoms with Crippen LogP contribution in [0.5, 0.6) is 23.0 Å². The molecule has 1 saturated carbocycles. The van der Waals surface area contributed by atoms with Gasteiger partial charge in [0, 0.05) is 18.1 Å². The summed E-state index contributed by atoms with van der Waals surface area (Å²) >= 11 is 0. The minimum absolute atomic E-state index is 0.354. The first-order chi connectivity index (χ1) is 16.5. The molecule has 1 N–H and O–H groups in total. The minimum atomic E-state index is -1.70. The van der Waals surface area contributed by atoms with Crippen molar-refractivity contribution in [3.63, 3.8) is 0 Å². The Morgan fingerprint density at radius 3 is 2.21 bits per heavy atom. The molecule has 7 heteroatoms. The number of carbonyl (C=O) groups excluding carboxylic acids is 1. The van der Waals surface area contributed by atoms with Crippen LogP contribution in [0.3, 0.4) is 0 Å². The van der Waals surface area contributed by atoms with Gasteiger partial charge in [-0.05, 0) is 23.3 Å². The van der Waals surface area contributed by atoms with E-state index in [1.165, 1.54) is 7.11 Å². The van der Waals surface area contributed by atoms with Gasteiger partial charge in [-0.2, -0.15) is 0 Å². The highest BCUT2D eigenvalue weighted by Crippen LogP contribution is 2.73. The van der Waals surface area contributed by atoms with Crippen LogP contribution >= 0.6 is 0 Å². The van der Waals surface area contributed by atoms with Crippen molar-refractivity contribution < 1.29 is 33.6 Å². The third-order valence-electron chi connectivity index (χ3n) is 7.44. The lowest BCUT2D eigenvalue weighted by atomic mass is 9.71. The summed E-state index contributed by atoms with van der Waals surface area (Å²) in [4.78, 5) is 12.8. The highest BCUT2D eigenvalue weighted by molar-refractivity contribution is 5.84. The smallest absolute Gasteiger partial charge is 0.314 e. The lowest BCUT2D eigenvalue weighted by Gasteiger charge is -2.40. The van der Waals surface area contributed by atoms with Gasteiger partial charge in [0.1, 0.15) is 28.9 Å². The predicted molar refractivity (Wildman–Crippen MR) is 121 cm³/mol. The number of carbonyl (C=O) groups is 1. The lowest BCUT2D eigenvalue weighted by molar-refractivity contribution is -0.213. The zero-order valence-electron chi connectivity index (χ0n) is 19.0. The number of methoxy groups -OCH3 is 3. The van der Waals surface area contributed by atoms with E-state index in [1.54, 1.807) is 26.4 Å². The van der Waals surface area contributed by atoms with Crippen LogP contribution in [-0.2, 0) is 20.7 Å². The fraction of sp³-hybridized carbons (Fsp3) is 0.296. The molecule has 0 bridgehead atoms. The molecule has 0 radical (unpaired) electrons. The molecule has 2 aliphatic heterocycles. The van der Waals surface area contributed by atoms with Gasteiger partial charge in [0.15, 0.2) is 17.3 Å². The number of rotatable bonds is 5. The van der Waals surface area contributed by atoms with Crippen LogP contribution in [-0.4, -0.2) is 38.5 Å². The average Bonchev–Trinajstić information content (AvgIpc) is 3.24. The average molecular weight is 460 g/mol. The maximum absolute atomic E-state index is 12.8. The molecule has 3 aliphatic rings. The van der Waals surface area contributed by atoms with Gasteiger partial charge < -0.3 is 28.8 Å². The van der Waals surface area contributed by atoms with Gasteiger partial charge in [-0.15, -0.1) is 0 Å². The van der Waals surface area contributed by atoms with Crippen molar-refractivity contribution in [2.75, 3.05) is 21.3 Å². The van der Waals surface area contributed by atoms with E-state index < -0.39 is 29.1 Å². The first-order valence-electron chi connectivity index (χ1n) is 11.1. The molecular weight excluding hydrogens is 436 g/mol. The van der Waals surface area contributed by atoms with Crippen molar-refractivity contribution in [1.82, 2.24) is 0 Å². The molecule has 2 fully saturated rings. The molecule has 0 aromatic heterocycles. The number of esters is 1. The highest BCUT2D eigenvalue weighted by atomic mass is 16.6. The zero-order chi connectivity index (χ0) is 23.7. The Morgan fingerprint density at radius 1 is 0.882 bits per heavy atom. The second kappa shape index (κ2) is 7.14. The predicted octanol–water partition coefficient (Wildman–Crippen LogP) is 3.53. The molecule has 1 aliphatic carbocycles. The summed E-state index contributed by atoms with van der Waals surface area (Å²) < 4.78 is 28.9. The summed E-state index contributed by atoms with van der Waals surface area (Å²) in [5.41, 5.74) is -1.03. The van der Waals surface area contributed by atoms with Crippen LogP contribution in [0.2, 0.25) is 0 Å². The first-order valence-corrected chi connectivity index (χ1v) is 11.1. The van der Waals surface area contributed by atoms with Crippen LogP contribution in [0.4, 0.5) is 0 Å². The standard InChI is InChI=1S/C27H24O7/c1-30-17-11-9-16(10-12-17)27-22(15-7-5-4-6-8-15)21-24(33-25(21)28)26(27,29)23-19(32-3)13-18(31-2)14-20(23)34-27/h4-14,21-22,24,29H,1-3H3/t21-,22-,24-,26+,27+/m0/s1. The van der Waals surface area contributed by atoms with E-state index in [2.05, 4.69) is 0 Å². The van der Waals surface area contributed by atoms with Crippen LogP contribution in [0.25, 0.3) is 0 Å². The number of benzene rings is 3. The quantitative estimate of drug-likeness (QED) is 0.583. The second-order valence-electron chi connectivity index (χ2n) is 8.81. The van der Waals surface area contributed by atoms with Crippen molar-refractivity contribution in [3.05, 3.63) is 83.4 Å². The van der Waals surface area contributed by atoms with E-state index in [0.29, 0.717) is 34.1 Å². The molecule has 174 valence electrons. The summed E-state index contributed by atoms with van der Waals surface area (Å²) in [6.45, 7) is 0. The molecule has 6 rings (SSSR count). The maximum Gasteiger partial charge on any atom is 0.314 e. The van der Waals surface area contributed by atoms with E-state index in [4.69, 9.17) is 23.7 Å². The molecule has 3 aromatic carbocycles. The Morgan fingerprint density at radius 2 is 1.59 bits per heavy atom. The molecular formula is C27H24O7. The molecule has 0 amide bonds. The molecule has 7 nitrogen and oxygen atoms in total. The van der Waals surface area contributed by atoms with Gasteiger partial charge in [-0.25, -0.2) is 0 Å². The van der Waals surface area contributed by atoms with Crippen LogP contribution < -0.4 is 18.9 Å². The van der Waals surface area contributed by atoms with E-state index >= 15 is 0 Å². The summed E-state index contributed by atoms with van der Waals surface area (Å²) in [7, 11) is 4.68. The minimum Gasteiger partial charge on any atom is -0.497 e. The molecule has 5 atom stereocenters. The van der Waals surface area contributed by atoms with Crippen molar-refractivity contribution >= 4 is 5.97 Å². The number of hydrogen-bond donors (Lipinski definition) is 1. The third kappa shape index (κ3) is 2.37.